The van der Waals surface area contributed by atoms with E-state index in [1.54, 1.807) is 54.9 Å². The summed E-state index contributed by atoms with van der Waals surface area (Å²) < 4.78 is 0. The normalized spacial score (nSPS) is 10.6. The minimum Gasteiger partial charge on any atom is -0.351 e. The molecule has 0 atom stereocenters. The number of pyridine rings is 2. The van der Waals surface area contributed by atoms with Crippen LogP contribution in [0, 0.1) is 5.92 Å². The molecule has 6 heteroatoms. The van der Waals surface area contributed by atoms with Crippen LogP contribution < -0.4 is 10.6 Å². The van der Waals surface area contributed by atoms with Crippen molar-refractivity contribution in [1.82, 2.24) is 15.3 Å². The molecule has 0 bridgehead atoms. The maximum absolute atomic E-state index is 12.6. The van der Waals surface area contributed by atoms with Crippen LogP contribution in [0.25, 0.3) is 11.3 Å². The molecular weight excluding hydrogens is 364 g/mol. The van der Waals surface area contributed by atoms with Gasteiger partial charge in [0.15, 0.2) is 0 Å². The Hall–Kier alpha value is -3.54. The average Bonchev–Trinajstić information content (AvgIpc) is 2.75. The van der Waals surface area contributed by atoms with E-state index >= 15 is 0 Å². The largest absolute Gasteiger partial charge is 0.351 e. The summed E-state index contributed by atoms with van der Waals surface area (Å²) in [6.07, 6.45) is 4.21. The van der Waals surface area contributed by atoms with E-state index in [1.165, 1.54) is 0 Å². The summed E-state index contributed by atoms with van der Waals surface area (Å²) in [6.45, 7) is 4.80. The summed E-state index contributed by atoms with van der Waals surface area (Å²) in [4.78, 5) is 33.7. The fourth-order valence-corrected chi connectivity index (χ4v) is 2.76. The third kappa shape index (κ3) is 5.48. The first-order valence-electron chi connectivity index (χ1n) is 9.60. The Bertz CT molecular complexity index is 973. The molecule has 2 aromatic heterocycles. The van der Waals surface area contributed by atoms with Gasteiger partial charge in [-0.05, 0) is 48.7 Å². The van der Waals surface area contributed by atoms with Crippen molar-refractivity contribution in [1.29, 1.82) is 0 Å². The van der Waals surface area contributed by atoms with Gasteiger partial charge in [0.05, 0.1) is 11.4 Å². The SMILES string of the molecule is CC(C)CCNC(=O)c1ccc(NC(=O)c2ccccc2)c(-c2cccnc2)n1. The molecule has 2 amide bonds. The molecule has 0 radical (unpaired) electrons. The van der Waals surface area contributed by atoms with E-state index in [0.29, 0.717) is 40.7 Å². The quantitative estimate of drug-likeness (QED) is 0.636. The average molecular weight is 388 g/mol. The molecule has 3 aromatic rings. The maximum atomic E-state index is 12.6. The number of anilines is 1. The fourth-order valence-electron chi connectivity index (χ4n) is 2.76. The topological polar surface area (TPSA) is 84.0 Å². The lowest BCUT2D eigenvalue weighted by atomic mass is 10.1. The third-order valence-electron chi connectivity index (χ3n) is 4.35. The molecule has 0 saturated heterocycles. The molecule has 0 fully saturated rings. The van der Waals surface area contributed by atoms with Crippen LogP contribution in [0.2, 0.25) is 0 Å². The summed E-state index contributed by atoms with van der Waals surface area (Å²) in [5.41, 5.74) is 2.57. The lowest BCUT2D eigenvalue weighted by molar-refractivity contribution is 0.0946. The van der Waals surface area contributed by atoms with Gasteiger partial charge in [-0.3, -0.25) is 14.6 Å². The summed E-state index contributed by atoms with van der Waals surface area (Å²) in [7, 11) is 0. The Balaban J connectivity index is 1.88. The number of nitrogens with one attached hydrogen (secondary N) is 2. The van der Waals surface area contributed by atoms with Crippen LogP contribution in [-0.4, -0.2) is 28.3 Å². The first-order chi connectivity index (χ1) is 14.0. The monoisotopic (exact) mass is 388 g/mol. The number of rotatable bonds is 7. The smallest absolute Gasteiger partial charge is 0.269 e. The molecular formula is C23H24N4O2. The third-order valence-corrected chi connectivity index (χ3v) is 4.35. The number of amides is 2. The molecule has 29 heavy (non-hydrogen) atoms. The molecule has 0 saturated carbocycles. The second kappa shape index (κ2) is 9.59. The molecule has 2 heterocycles. The standard InChI is InChI=1S/C23H24N4O2/c1-16(2)12-14-25-23(29)20-11-10-19(21(26-20)18-9-6-13-24-15-18)27-22(28)17-7-4-3-5-8-17/h3-11,13,15-16H,12,14H2,1-2H3,(H,25,29)(H,27,28). The minimum absolute atomic E-state index is 0.239. The fraction of sp³-hybridized carbons (Fsp3) is 0.217. The first-order valence-corrected chi connectivity index (χ1v) is 9.60. The highest BCUT2D eigenvalue weighted by molar-refractivity contribution is 6.06. The van der Waals surface area contributed by atoms with Crippen molar-refractivity contribution in [3.8, 4) is 11.3 Å². The lowest BCUT2D eigenvalue weighted by Crippen LogP contribution is -2.26. The van der Waals surface area contributed by atoms with Gasteiger partial charge >= 0.3 is 0 Å². The Kier molecular flexibility index (Phi) is 6.68. The zero-order valence-electron chi connectivity index (χ0n) is 16.6. The van der Waals surface area contributed by atoms with Crippen molar-refractivity contribution in [2.75, 3.05) is 11.9 Å². The van der Waals surface area contributed by atoms with E-state index in [1.807, 2.05) is 12.1 Å². The molecule has 0 aliphatic heterocycles. The predicted molar refractivity (Wildman–Crippen MR) is 114 cm³/mol. The number of hydrogen-bond donors (Lipinski definition) is 2. The number of nitrogens with zero attached hydrogens (tertiary/aromatic N) is 2. The van der Waals surface area contributed by atoms with Gasteiger partial charge in [0, 0.05) is 30.1 Å². The highest BCUT2D eigenvalue weighted by Crippen LogP contribution is 2.26. The summed E-state index contributed by atoms with van der Waals surface area (Å²) in [5.74, 6) is 0.0215. The van der Waals surface area contributed by atoms with Crippen molar-refractivity contribution in [2.45, 2.75) is 20.3 Å². The number of benzene rings is 1. The van der Waals surface area contributed by atoms with Gasteiger partial charge in [0.2, 0.25) is 0 Å². The minimum atomic E-state index is -0.244. The van der Waals surface area contributed by atoms with E-state index in [0.717, 1.165) is 6.42 Å². The van der Waals surface area contributed by atoms with Crippen LogP contribution in [0.1, 0.15) is 41.1 Å². The number of carbonyl (C=O) groups is 2. The highest BCUT2D eigenvalue weighted by atomic mass is 16.2. The molecule has 0 unspecified atom stereocenters. The summed E-state index contributed by atoms with van der Waals surface area (Å²) in [6, 6.07) is 15.9. The van der Waals surface area contributed by atoms with Gasteiger partial charge in [-0.15, -0.1) is 0 Å². The van der Waals surface area contributed by atoms with Crippen LogP contribution in [0.5, 0.6) is 0 Å². The van der Waals surface area contributed by atoms with Crippen LogP contribution >= 0.6 is 0 Å². The van der Waals surface area contributed by atoms with Crippen LogP contribution in [-0.2, 0) is 0 Å². The molecule has 0 spiro atoms. The molecule has 1 aromatic carbocycles. The van der Waals surface area contributed by atoms with Crippen LogP contribution in [0.4, 0.5) is 5.69 Å². The van der Waals surface area contributed by atoms with Crippen LogP contribution in [0.3, 0.4) is 0 Å². The van der Waals surface area contributed by atoms with Crippen molar-refractivity contribution in [3.05, 3.63) is 78.2 Å². The molecule has 2 N–H and O–H groups in total. The molecule has 0 aliphatic carbocycles. The van der Waals surface area contributed by atoms with E-state index < -0.39 is 0 Å². The van der Waals surface area contributed by atoms with Crippen molar-refractivity contribution in [3.63, 3.8) is 0 Å². The van der Waals surface area contributed by atoms with Gasteiger partial charge in [-0.25, -0.2) is 4.98 Å². The Morgan fingerprint density at radius 2 is 1.76 bits per heavy atom. The van der Waals surface area contributed by atoms with Gasteiger partial charge in [0.25, 0.3) is 11.8 Å². The number of carbonyl (C=O) groups excluding carboxylic acids is 2. The zero-order valence-corrected chi connectivity index (χ0v) is 16.6. The molecule has 6 nitrogen and oxygen atoms in total. The van der Waals surface area contributed by atoms with Crippen molar-refractivity contribution >= 4 is 17.5 Å². The Morgan fingerprint density at radius 1 is 0.966 bits per heavy atom. The van der Waals surface area contributed by atoms with Gasteiger partial charge in [-0.1, -0.05) is 32.0 Å². The number of hydrogen-bond acceptors (Lipinski definition) is 4. The first kappa shape index (κ1) is 20.2. The summed E-state index contributed by atoms with van der Waals surface area (Å²) in [5, 5.41) is 5.78. The number of aromatic nitrogens is 2. The maximum Gasteiger partial charge on any atom is 0.269 e. The zero-order chi connectivity index (χ0) is 20.6. The molecule has 3 rings (SSSR count). The van der Waals surface area contributed by atoms with Gasteiger partial charge in [0.1, 0.15) is 5.69 Å². The van der Waals surface area contributed by atoms with Crippen molar-refractivity contribution in [2.24, 2.45) is 5.92 Å². The second-order valence-electron chi connectivity index (χ2n) is 7.09. The Morgan fingerprint density at radius 3 is 2.45 bits per heavy atom. The van der Waals surface area contributed by atoms with Gasteiger partial charge in [-0.2, -0.15) is 0 Å². The van der Waals surface area contributed by atoms with E-state index in [-0.39, 0.29) is 11.8 Å². The Labute approximate surface area is 170 Å². The van der Waals surface area contributed by atoms with E-state index in [9.17, 15) is 9.59 Å². The molecule has 0 aliphatic rings. The van der Waals surface area contributed by atoms with E-state index in [2.05, 4.69) is 34.4 Å². The van der Waals surface area contributed by atoms with Gasteiger partial charge < -0.3 is 10.6 Å². The van der Waals surface area contributed by atoms with Crippen LogP contribution in [0.15, 0.2) is 67.0 Å². The second-order valence-corrected chi connectivity index (χ2v) is 7.09. The van der Waals surface area contributed by atoms with E-state index in [4.69, 9.17) is 0 Å². The molecule has 148 valence electrons. The lowest BCUT2D eigenvalue weighted by Gasteiger charge is -2.13. The predicted octanol–water partition coefficient (Wildman–Crippen LogP) is 4.17. The highest BCUT2D eigenvalue weighted by Gasteiger charge is 2.15. The summed E-state index contributed by atoms with van der Waals surface area (Å²) >= 11 is 0. The van der Waals surface area contributed by atoms with Crippen molar-refractivity contribution < 1.29 is 9.59 Å².